The van der Waals surface area contributed by atoms with Gasteiger partial charge in [-0.15, -0.1) is 0 Å². The Hall–Kier alpha value is -1.35. The van der Waals surface area contributed by atoms with Gasteiger partial charge in [0.15, 0.2) is 0 Å². The normalized spacial score (nSPS) is 23.9. The number of likely N-dealkylation sites (N-methyl/N-ethyl adjacent to an activating group) is 1. The Bertz CT molecular complexity index is 503. The van der Waals surface area contributed by atoms with E-state index in [1.165, 1.54) is 11.1 Å². The third-order valence-corrected chi connectivity index (χ3v) is 5.47. The van der Waals surface area contributed by atoms with E-state index in [1.807, 2.05) is 0 Å². The van der Waals surface area contributed by atoms with E-state index in [0.717, 1.165) is 51.7 Å². The highest BCUT2D eigenvalue weighted by molar-refractivity contribution is 5.82. The van der Waals surface area contributed by atoms with Gasteiger partial charge >= 0.3 is 0 Å². The molecule has 2 aliphatic heterocycles. The maximum absolute atomic E-state index is 12.6. The van der Waals surface area contributed by atoms with Crippen molar-refractivity contribution in [2.75, 3.05) is 26.7 Å². The first-order valence-electron chi connectivity index (χ1n) is 8.77. The average Bonchev–Trinajstić information content (AvgIpc) is 3.00. The molecule has 0 spiro atoms. The van der Waals surface area contributed by atoms with E-state index in [2.05, 4.69) is 48.0 Å². The van der Waals surface area contributed by atoms with E-state index in [0.29, 0.717) is 11.8 Å². The molecule has 2 heterocycles. The lowest BCUT2D eigenvalue weighted by molar-refractivity contribution is -0.136. The highest BCUT2D eigenvalue weighted by Gasteiger charge is 2.33. The molecule has 0 aliphatic carbocycles. The predicted octanol–water partition coefficient (Wildman–Crippen LogP) is 3.05. The Kier molecular flexibility index (Phi) is 4.82. The Balaban J connectivity index is 1.56. The molecule has 1 amide bonds. The van der Waals surface area contributed by atoms with Crippen LogP contribution in [0.2, 0.25) is 0 Å². The molecule has 1 aromatic rings. The minimum atomic E-state index is 0.139. The van der Waals surface area contributed by atoms with Gasteiger partial charge in [0.2, 0.25) is 5.91 Å². The molecular weight excluding hydrogens is 272 g/mol. The lowest BCUT2D eigenvalue weighted by atomic mass is 9.88. The van der Waals surface area contributed by atoms with Crippen LogP contribution in [0.1, 0.15) is 49.7 Å². The highest BCUT2D eigenvalue weighted by Crippen LogP contribution is 2.29. The number of carbonyl (C=O) groups excluding carboxylic acids is 1. The van der Waals surface area contributed by atoms with Crippen LogP contribution in [0.3, 0.4) is 0 Å². The van der Waals surface area contributed by atoms with Crippen LogP contribution in [0.15, 0.2) is 24.3 Å². The number of carbonyl (C=O) groups is 1. The molecule has 120 valence electrons. The second-order valence-electron chi connectivity index (χ2n) is 6.83. The van der Waals surface area contributed by atoms with Crippen LogP contribution in [0, 0.1) is 0 Å². The van der Waals surface area contributed by atoms with Crippen LogP contribution in [-0.4, -0.2) is 48.4 Å². The van der Waals surface area contributed by atoms with Crippen LogP contribution in [0.5, 0.6) is 0 Å². The molecule has 0 saturated carbocycles. The van der Waals surface area contributed by atoms with Crippen molar-refractivity contribution in [1.29, 1.82) is 0 Å². The fourth-order valence-corrected chi connectivity index (χ4v) is 3.89. The highest BCUT2D eigenvalue weighted by atomic mass is 16.2. The fourth-order valence-electron chi connectivity index (χ4n) is 3.89. The Labute approximate surface area is 134 Å². The number of aryl methyl sites for hydroxylation is 1. The van der Waals surface area contributed by atoms with Crippen LogP contribution in [0.4, 0.5) is 0 Å². The first kappa shape index (κ1) is 15.5. The topological polar surface area (TPSA) is 23.6 Å². The Morgan fingerprint density at radius 3 is 2.32 bits per heavy atom. The molecule has 0 N–H and O–H groups in total. The molecule has 2 fully saturated rings. The Morgan fingerprint density at radius 1 is 1.09 bits per heavy atom. The molecule has 2 saturated heterocycles. The first-order valence-corrected chi connectivity index (χ1v) is 8.77. The molecule has 2 aliphatic rings. The van der Waals surface area contributed by atoms with Crippen LogP contribution in [-0.2, 0) is 11.2 Å². The summed E-state index contributed by atoms with van der Waals surface area (Å²) in [6.45, 7) is 5.10. The molecule has 1 atom stereocenters. The summed E-state index contributed by atoms with van der Waals surface area (Å²) in [6, 6.07) is 9.21. The molecule has 0 aromatic heterocycles. The van der Waals surface area contributed by atoms with E-state index in [4.69, 9.17) is 0 Å². The van der Waals surface area contributed by atoms with Crippen molar-refractivity contribution in [2.24, 2.45) is 0 Å². The summed E-state index contributed by atoms with van der Waals surface area (Å²) in [6.07, 6.45) is 5.50. The number of amides is 1. The van der Waals surface area contributed by atoms with Crippen molar-refractivity contribution in [3.05, 3.63) is 35.4 Å². The van der Waals surface area contributed by atoms with E-state index in [1.54, 1.807) is 0 Å². The van der Waals surface area contributed by atoms with Gasteiger partial charge in [0.1, 0.15) is 0 Å². The van der Waals surface area contributed by atoms with Crippen molar-refractivity contribution in [3.63, 3.8) is 0 Å². The average molecular weight is 300 g/mol. The second kappa shape index (κ2) is 6.82. The zero-order chi connectivity index (χ0) is 15.5. The summed E-state index contributed by atoms with van der Waals surface area (Å²) in [5, 5.41) is 0. The number of likely N-dealkylation sites (tertiary alicyclic amines) is 2. The predicted molar refractivity (Wildman–Crippen MR) is 90.0 cm³/mol. The van der Waals surface area contributed by atoms with Crippen LogP contribution in [0.25, 0.3) is 0 Å². The van der Waals surface area contributed by atoms with Gasteiger partial charge in [0, 0.05) is 13.1 Å². The second-order valence-corrected chi connectivity index (χ2v) is 6.83. The maximum atomic E-state index is 12.6. The third-order valence-electron chi connectivity index (χ3n) is 5.47. The molecule has 3 rings (SSSR count). The minimum Gasteiger partial charge on any atom is -0.341 e. The fraction of sp³-hybridized carbons (Fsp3) is 0.632. The molecule has 3 heteroatoms. The molecule has 0 radical (unpaired) electrons. The van der Waals surface area contributed by atoms with Gasteiger partial charge < -0.3 is 4.90 Å². The van der Waals surface area contributed by atoms with Gasteiger partial charge in [-0.3, -0.25) is 9.69 Å². The Morgan fingerprint density at radius 2 is 1.77 bits per heavy atom. The number of nitrogens with zero attached hydrogens (tertiary/aromatic N) is 2. The summed E-state index contributed by atoms with van der Waals surface area (Å²) in [7, 11) is 2.08. The van der Waals surface area contributed by atoms with Gasteiger partial charge in [-0.2, -0.15) is 0 Å². The molecule has 22 heavy (non-hydrogen) atoms. The lowest BCUT2D eigenvalue weighted by Crippen LogP contribution is -2.47. The van der Waals surface area contributed by atoms with Gasteiger partial charge in [-0.25, -0.2) is 0 Å². The molecule has 0 bridgehead atoms. The van der Waals surface area contributed by atoms with Gasteiger partial charge in [0.25, 0.3) is 0 Å². The molecule has 3 nitrogen and oxygen atoms in total. The zero-order valence-corrected chi connectivity index (χ0v) is 13.9. The summed E-state index contributed by atoms with van der Waals surface area (Å²) in [5.74, 6) is 0.982. The lowest BCUT2D eigenvalue weighted by Gasteiger charge is -2.35. The SMILES string of the molecule is CCc1ccc(C2CCN(C(=O)C3CCCN3C)CC2)cc1. The zero-order valence-electron chi connectivity index (χ0n) is 13.9. The van der Waals surface area contributed by atoms with E-state index in [9.17, 15) is 4.79 Å². The van der Waals surface area contributed by atoms with Crippen molar-refractivity contribution in [2.45, 2.75) is 51.0 Å². The summed E-state index contributed by atoms with van der Waals surface area (Å²) < 4.78 is 0. The monoisotopic (exact) mass is 300 g/mol. The van der Waals surface area contributed by atoms with E-state index in [-0.39, 0.29) is 6.04 Å². The molecule has 1 unspecified atom stereocenters. The summed E-state index contributed by atoms with van der Waals surface area (Å²) >= 11 is 0. The van der Waals surface area contributed by atoms with Crippen molar-refractivity contribution >= 4 is 5.91 Å². The van der Waals surface area contributed by atoms with E-state index < -0.39 is 0 Å². The van der Waals surface area contributed by atoms with Crippen molar-refractivity contribution in [3.8, 4) is 0 Å². The number of piperidine rings is 1. The first-order chi connectivity index (χ1) is 10.7. The summed E-state index contributed by atoms with van der Waals surface area (Å²) in [5.41, 5.74) is 2.85. The van der Waals surface area contributed by atoms with Crippen LogP contribution < -0.4 is 0 Å². The quantitative estimate of drug-likeness (QED) is 0.856. The smallest absolute Gasteiger partial charge is 0.239 e. The van der Waals surface area contributed by atoms with Gasteiger partial charge in [-0.1, -0.05) is 31.2 Å². The number of hydrogen-bond donors (Lipinski definition) is 0. The molecular formula is C19H28N2O. The third kappa shape index (κ3) is 3.19. The standard InChI is InChI=1S/C19H28N2O/c1-3-15-6-8-16(9-7-15)17-10-13-21(14-11-17)19(22)18-5-4-12-20(18)2/h6-9,17-18H,3-5,10-14H2,1-2H3. The largest absolute Gasteiger partial charge is 0.341 e. The number of hydrogen-bond acceptors (Lipinski definition) is 2. The molecule has 1 aromatic carbocycles. The van der Waals surface area contributed by atoms with Gasteiger partial charge in [0.05, 0.1) is 6.04 Å². The van der Waals surface area contributed by atoms with Gasteiger partial charge in [-0.05, 0) is 62.7 Å². The summed E-state index contributed by atoms with van der Waals surface area (Å²) in [4.78, 5) is 16.9. The minimum absolute atomic E-state index is 0.139. The number of rotatable bonds is 3. The van der Waals surface area contributed by atoms with Crippen molar-refractivity contribution in [1.82, 2.24) is 9.80 Å². The van der Waals surface area contributed by atoms with Crippen LogP contribution >= 0.6 is 0 Å². The number of benzene rings is 1. The maximum Gasteiger partial charge on any atom is 0.239 e. The van der Waals surface area contributed by atoms with Crippen molar-refractivity contribution < 1.29 is 4.79 Å². The van der Waals surface area contributed by atoms with E-state index >= 15 is 0 Å².